The number of aromatic nitrogens is 1. The van der Waals surface area contributed by atoms with Crippen molar-refractivity contribution in [3.05, 3.63) is 40.3 Å². The molecule has 0 aliphatic heterocycles. The summed E-state index contributed by atoms with van der Waals surface area (Å²) in [7, 11) is 0. The largest absolute Gasteiger partial charge is 0.493 e. The molecule has 0 radical (unpaired) electrons. The van der Waals surface area contributed by atoms with Gasteiger partial charge in [-0.25, -0.2) is 4.98 Å². The van der Waals surface area contributed by atoms with Gasteiger partial charge < -0.3 is 15.8 Å². The first-order chi connectivity index (χ1) is 9.63. The minimum atomic E-state index is -0.255. The van der Waals surface area contributed by atoms with Crippen LogP contribution in [0.4, 0.5) is 5.69 Å². The highest BCUT2D eigenvalue weighted by atomic mass is 32.1. The lowest BCUT2D eigenvalue weighted by Crippen LogP contribution is -2.27. The zero-order valence-electron chi connectivity index (χ0n) is 11.4. The SMILES string of the molecule is CCOc1cccc(N)c1C(=O)NC(C)c1nccs1. The quantitative estimate of drug-likeness (QED) is 0.830. The normalized spacial score (nSPS) is 11.9. The number of nitrogens with one attached hydrogen (secondary N) is 1. The summed E-state index contributed by atoms with van der Waals surface area (Å²) in [4.78, 5) is 16.6. The van der Waals surface area contributed by atoms with E-state index in [0.29, 0.717) is 23.6 Å². The van der Waals surface area contributed by atoms with Crippen molar-refractivity contribution in [2.75, 3.05) is 12.3 Å². The van der Waals surface area contributed by atoms with Crippen LogP contribution >= 0.6 is 11.3 Å². The Morgan fingerprint density at radius 2 is 2.35 bits per heavy atom. The number of amides is 1. The highest BCUT2D eigenvalue weighted by Gasteiger charge is 2.19. The fourth-order valence-electron chi connectivity index (χ4n) is 1.85. The van der Waals surface area contributed by atoms with E-state index in [-0.39, 0.29) is 11.9 Å². The molecule has 0 bridgehead atoms. The average molecular weight is 291 g/mol. The molecule has 0 saturated heterocycles. The number of carbonyl (C=O) groups is 1. The molecular formula is C14H17N3O2S. The molecule has 1 atom stereocenters. The lowest BCUT2D eigenvalue weighted by atomic mass is 10.1. The smallest absolute Gasteiger partial charge is 0.257 e. The summed E-state index contributed by atoms with van der Waals surface area (Å²) in [6.07, 6.45) is 1.71. The van der Waals surface area contributed by atoms with Gasteiger partial charge in [0.15, 0.2) is 0 Å². The van der Waals surface area contributed by atoms with Gasteiger partial charge in [-0.2, -0.15) is 0 Å². The second kappa shape index (κ2) is 6.38. The first-order valence-electron chi connectivity index (χ1n) is 6.35. The molecule has 0 aliphatic carbocycles. The first-order valence-corrected chi connectivity index (χ1v) is 7.23. The van der Waals surface area contributed by atoms with Crippen LogP contribution in [0.15, 0.2) is 29.8 Å². The molecular weight excluding hydrogens is 274 g/mol. The van der Waals surface area contributed by atoms with Gasteiger partial charge in [-0.05, 0) is 26.0 Å². The number of nitrogens with two attached hydrogens (primary N) is 1. The molecule has 20 heavy (non-hydrogen) atoms. The molecule has 0 saturated carbocycles. The summed E-state index contributed by atoms with van der Waals surface area (Å²) in [6.45, 7) is 4.23. The molecule has 6 heteroatoms. The molecule has 0 aliphatic rings. The van der Waals surface area contributed by atoms with Gasteiger partial charge in [0.25, 0.3) is 5.91 Å². The number of thiazole rings is 1. The van der Waals surface area contributed by atoms with Crippen molar-refractivity contribution in [1.29, 1.82) is 0 Å². The van der Waals surface area contributed by atoms with Crippen LogP contribution in [0.5, 0.6) is 5.75 Å². The molecule has 1 heterocycles. The molecule has 1 aromatic carbocycles. The molecule has 3 N–H and O–H groups in total. The third-order valence-electron chi connectivity index (χ3n) is 2.75. The molecule has 1 aromatic heterocycles. The van der Waals surface area contributed by atoms with Crippen LogP contribution in [-0.4, -0.2) is 17.5 Å². The van der Waals surface area contributed by atoms with Crippen molar-refractivity contribution >= 4 is 22.9 Å². The van der Waals surface area contributed by atoms with E-state index < -0.39 is 0 Å². The van der Waals surface area contributed by atoms with Crippen LogP contribution in [0.25, 0.3) is 0 Å². The second-order valence-electron chi connectivity index (χ2n) is 4.22. The van der Waals surface area contributed by atoms with Crippen LogP contribution in [0.1, 0.15) is 35.3 Å². The molecule has 2 rings (SSSR count). The van der Waals surface area contributed by atoms with Crippen LogP contribution in [0.2, 0.25) is 0 Å². The second-order valence-corrected chi connectivity index (χ2v) is 5.15. The molecule has 5 nitrogen and oxygen atoms in total. The van der Waals surface area contributed by atoms with E-state index in [9.17, 15) is 4.79 Å². The Hall–Kier alpha value is -2.08. The maximum atomic E-state index is 12.4. The van der Waals surface area contributed by atoms with Crippen molar-refractivity contribution in [3.63, 3.8) is 0 Å². The van der Waals surface area contributed by atoms with Gasteiger partial charge in [-0.15, -0.1) is 11.3 Å². The molecule has 1 unspecified atom stereocenters. The van der Waals surface area contributed by atoms with Crippen molar-refractivity contribution in [2.24, 2.45) is 0 Å². The monoisotopic (exact) mass is 291 g/mol. The van der Waals surface area contributed by atoms with Gasteiger partial charge in [0, 0.05) is 17.3 Å². The lowest BCUT2D eigenvalue weighted by molar-refractivity contribution is 0.0937. The Bertz CT molecular complexity index is 584. The predicted molar refractivity (Wildman–Crippen MR) is 80.0 cm³/mol. The maximum Gasteiger partial charge on any atom is 0.257 e. The van der Waals surface area contributed by atoms with E-state index in [1.54, 1.807) is 24.4 Å². The maximum absolute atomic E-state index is 12.4. The van der Waals surface area contributed by atoms with Crippen molar-refractivity contribution in [2.45, 2.75) is 19.9 Å². The Morgan fingerprint density at radius 1 is 1.55 bits per heavy atom. The molecule has 0 fully saturated rings. The zero-order chi connectivity index (χ0) is 14.5. The number of benzene rings is 1. The molecule has 0 spiro atoms. The Morgan fingerprint density at radius 3 is 3.00 bits per heavy atom. The van der Waals surface area contributed by atoms with Crippen molar-refractivity contribution in [1.82, 2.24) is 10.3 Å². The Kier molecular flexibility index (Phi) is 4.57. The minimum absolute atomic E-state index is 0.170. The van der Waals surface area contributed by atoms with E-state index in [4.69, 9.17) is 10.5 Å². The number of carbonyl (C=O) groups excluding carboxylic acids is 1. The van der Waals surface area contributed by atoms with Crippen molar-refractivity contribution in [3.8, 4) is 5.75 Å². The Balaban J connectivity index is 2.20. The molecule has 106 valence electrons. The van der Waals surface area contributed by atoms with E-state index in [1.165, 1.54) is 11.3 Å². The van der Waals surface area contributed by atoms with Gasteiger partial charge in [0.1, 0.15) is 16.3 Å². The van der Waals surface area contributed by atoms with Crippen LogP contribution < -0.4 is 15.8 Å². The summed E-state index contributed by atoms with van der Waals surface area (Å²) >= 11 is 1.50. The Labute approximate surface area is 121 Å². The number of hydrogen-bond acceptors (Lipinski definition) is 5. The summed E-state index contributed by atoms with van der Waals surface area (Å²) in [5.41, 5.74) is 6.67. The summed E-state index contributed by atoms with van der Waals surface area (Å²) < 4.78 is 5.46. The average Bonchev–Trinajstić information content (AvgIpc) is 2.93. The summed E-state index contributed by atoms with van der Waals surface area (Å²) in [5.74, 6) is 0.241. The fourth-order valence-corrected chi connectivity index (χ4v) is 2.49. The van der Waals surface area contributed by atoms with Gasteiger partial charge in [-0.1, -0.05) is 6.07 Å². The fraction of sp³-hybridized carbons (Fsp3) is 0.286. The van der Waals surface area contributed by atoms with E-state index in [1.807, 2.05) is 19.2 Å². The number of nitrogen functional groups attached to an aromatic ring is 1. The van der Waals surface area contributed by atoms with E-state index in [0.717, 1.165) is 5.01 Å². The van der Waals surface area contributed by atoms with Gasteiger partial charge in [0.05, 0.1) is 12.6 Å². The minimum Gasteiger partial charge on any atom is -0.493 e. The van der Waals surface area contributed by atoms with Crippen molar-refractivity contribution < 1.29 is 9.53 Å². The highest BCUT2D eigenvalue weighted by molar-refractivity contribution is 7.09. The highest BCUT2D eigenvalue weighted by Crippen LogP contribution is 2.25. The number of rotatable bonds is 5. The standard InChI is InChI=1S/C14H17N3O2S/c1-3-19-11-6-4-5-10(15)12(11)13(18)17-9(2)14-16-7-8-20-14/h4-9H,3,15H2,1-2H3,(H,17,18). The number of ether oxygens (including phenoxy) is 1. The van der Waals surface area contributed by atoms with E-state index >= 15 is 0 Å². The topological polar surface area (TPSA) is 77.2 Å². The first kappa shape index (κ1) is 14.3. The summed E-state index contributed by atoms with van der Waals surface area (Å²) in [6, 6.07) is 5.02. The lowest BCUT2D eigenvalue weighted by Gasteiger charge is -2.15. The van der Waals surface area contributed by atoms with Crippen LogP contribution in [0, 0.1) is 0 Å². The molecule has 2 aromatic rings. The third-order valence-corrected chi connectivity index (χ3v) is 3.71. The van der Waals surface area contributed by atoms with Crippen LogP contribution in [0.3, 0.4) is 0 Å². The number of nitrogens with zero attached hydrogens (tertiary/aromatic N) is 1. The summed E-state index contributed by atoms with van der Waals surface area (Å²) in [5, 5.41) is 5.62. The van der Waals surface area contributed by atoms with Gasteiger partial charge in [-0.3, -0.25) is 4.79 Å². The van der Waals surface area contributed by atoms with Crippen LogP contribution in [-0.2, 0) is 0 Å². The zero-order valence-corrected chi connectivity index (χ0v) is 12.2. The molecule has 1 amide bonds. The number of anilines is 1. The third kappa shape index (κ3) is 3.08. The van der Waals surface area contributed by atoms with E-state index in [2.05, 4.69) is 10.3 Å². The van der Waals surface area contributed by atoms with Gasteiger partial charge in [0.2, 0.25) is 0 Å². The predicted octanol–water partition coefficient (Wildman–Crippen LogP) is 2.62. The van der Waals surface area contributed by atoms with Gasteiger partial charge >= 0.3 is 0 Å². The number of hydrogen-bond donors (Lipinski definition) is 2.